The van der Waals surface area contributed by atoms with Gasteiger partial charge >= 0.3 is 6.18 Å². The van der Waals surface area contributed by atoms with Crippen molar-refractivity contribution in [3.63, 3.8) is 0 Å². The molecule has 2 aromatic rings. The summed E-state index contributed by atoms with van der Waals surface area (Å²) in [6.07, 6.45) is -2.92. The largest absolute Gasteiger partial charge is 0.497 e. The highest BCUT2D eigenvalue weighted by Gasteiger charge is 2.28. The van der Waals surface area contributed by atoms with Crippen LogP contribution < -0.4 is 10.1 Å². The molecular formula is C14H16F3N3O. The lowest BCUT2D eigenvalue weighted by Crippen LogP contribution is -2.19. The third-order valence-corrected chi connectivity index (χ3v) is 2.81. The number of aromatic nitrogens is 2. The molecule has 0 bridgehead atoms. The standard InChI is InChI=1S/C14H16F3N3O/c1-21-13-4-2-3-11(7-13)8-18-9-12-5-6-20(19-12)10-14(15,16)17/h2-7,18H,8-10H2,1H3. The molecule has 1 aromatic heterocycles. The summed E-state index contributed by atoms with van der Waals surface area (Å²) < 4.78 is 42.6. The molecule has 114 valence electrons. The Bertz CT molecular complexity index is 581. The molecule has 0 atom stereocenters. The first-order valence-electron chi connectivity index (χ1n) is 6.39. The van der Waals surface area contributed by atoms with Gasteiger partial charge in [0.05, 0.1) is 12.8 Å². The van der Waals surface area contributed by atoms with E-state index in [9.17, 15) is 13.2 Å². The number of benzene rings is 1. The van der Waals surface area contributed by atoms with E-state index in [1.165, 1.54) is 6.20 Å². The lowest BCUT2D eigenvalue weighted by molar-refractivity contribution is -0.142. The zero-order valence-electron chi connectivity index (χ0n) is 11.5. The van der Waals surface area contributed by atoms with E-state index in [1.807, 2.05) is 24.3 Å². The summed E-state index contributed by atoms with van der Waals surface area (Å²) >= 11 is 0. The Kier molecular flexibility index (Phi) is 4.85. The van der Waals surface area contributed by atoms with Gasteiger partial charge in [0.15, 0.2) is 0 Å². The smallest absolute Gasteiger partial charge is 0.408 e. The number of halogens is 3. The summed E-state index contributed by atoms with van der Waals surface area (Å²) in [6, 6.07) is 9.15. The molecule has 0 spiro atoms. The van der Waals surface area contributed by atoms with E-state index in [4.69, 9.17) is 4.74 Å². The van der Waals surface area contributed by atoms with Gasteiger partial charge in [0.1, 0.15) is 12.3 Å². The van der Waals surface area contributed by atoms with E-state index in [0.29, 0.717) is 18.8 Å². The van der Waals surface area contributed by atoms with E-state index < -0.39 is 12.7 Å². The lowest BCUT2D eigenvalue weighted by atomic mass is 10.2. The Morgan fingerprint density at radius 3 is 2.76 bits per heavy atom. The summed E-state index contributed by atoms with van der Waals surface area (Å²) in [7, 11) is 1.60. The molecule has 4 nitrogen and oxygen atoms in total. The first-order valence-corrected chi connectivity index (χ1v) is 6.39. The number of methoxy groups -OCH3 is 1. The van der Waals surface area contributed by atoms with Gasteiger partial charge in [-0.15, -0.1) is 0 Å². The maximum absolute atomic E-state index is 12.2. The second-order valence-corrected chi connectivity index (χ2v) is 4.57. The van der Waals surface area contributed by atoms with E-state index >= 15 is 0 Å². The number of nitrogens with zero attached hydrogens (tertiary/aromatic N) is 2. The van der Waals surface area contributed by atoms with E-state index in [0.717, 1.165) is 16.0 Å². The third kappa shape index (κ3) is 5.11. The van der Waals surface area contributed by atoms with E-state index in [2.05, 4.69) is 10.4 Å². The number of rotatable bonds is 6. The van der Waals surface area contributed by atoms with Gasteiger partial charge in [-0.05, 0) is 23.8 Å². The number of hydrogen-bond acceptors (Lipinski definition) is 3. The molecule has 0 aliphatic heterocycles. The molecule has 0 fully saturated rings. The van der Waals surface area contributed by atoms with E-state index in [1.54, 1.807) is 13.2 Å². The molecule has 0 saturated carbocycles. The van der Waals surface area contributed by atoms with E-state index in [-0.39, 0.29) is 0 Å². The number of ether oxygens (including phenoxy) is 1. The van der Waals surface area contributed by atoms with Crippen LogP contribution in [0.25, 0.3) is 0 Å². The summed E-state index contributed by atoms with van der Waals surface area (Å²) in [5.41, 5.74) is 1.60. The zero-order chi connectivity index (χ0) is 15.3. The summed E-state index contributed by atoms with van der Waals surface area (Å²) in [4.78, 5) is 0. The molecule has 1 heterocycles. The van der Waals surface area contributed by atoms with Crippen LogP contribution in [0.4, 0.5) is 13.2 Å². The van der Waals surface area contributed by atoms with Crippen molar-refractivity contribution in [1.29, 1.82) is 0 Å². The minimum atomic E-state index is -4.25. The molecule has 0 aliphatic rings. The molecule has 7 heteroatoms. The molecule has 21 heavy (non-hydrogen) atoms. The Labute approximate surface area is 120 Å². The van der Waals surface area contributed by atoms with Gasteiger partial charge in [0, 0.05) is 19.3 Å². The molecule has 0 amide bonds. The normalized spacial score (nSPS) is 11.6. The van der Waals surface area contributed by atoms with Gasteiger partial charge in [-0.2, -0.15) is 18.3 Å². The fourth-order valence-corrected chi connectivity index (χ4v) is 1.89. The Morgan fingerprint density at radius 2 is 2.05 bits per heavy atom. The highest BCUT2D eigenvalue weighted by molar-refractivity contribution is 5.28. The van der Waals surface area contributed by atoms with Crippen LogP contribution in [0.1, 0.15) is 11.3 Å². The van der Waals surface area contributed by atoms with Crippen molar-refractivity contribution in [2.45, 2.75) is 25.8 Å². The first kappa shape index (κ1) is 15.4. The van der Waals surface area contributed by atoms with Crippen LogP contribution in [0, 0.1) is 0 Å². The molecule has 1 aromatic carbocycles. The predicted octanol–water partition coefficient (Wildman–Crippen LogP) is 2.74. The van der Waals surface area contributed by atoms with Crippen LogP contribution in [0.5, 0.6) is 5.75 Å². The predicted molar refractivity (Wildman–Crippen MR) is 71.8 cm³/mol. The number of alkyl halides is 3. The van der Waals surface area contributed by atoms with Gasteiger partial charge in [0.2, 0.25) is 0 Å². The minimum Gasteiger partial charge on any atom is -0.497 e. The van der Waals surface area contributed by atoms with Crippen LogP contribution in [-0.2, 0) is 19.6 Å². The van der Waals surface area contributed by atoms with Crippen LogP contribution in [0.3, 0.4) is 0 Å². The first-order chi connectivity index (χ1) is 9.96. The Morgan fingerprint density at radius 1 is 1.24 bits per heavy atom. The Balaban J connectivity index is 1.83. The van der Waals surface area contributed by atoms with Gasteiger partial charge in [0.25, 0.3) is 0 Å². The van der Waals surface area contributed by atoms with Crippen molar-refractivity contribution in [1.82, 2.24) is 15.1 Å². The molecule has 0 unspecified atom stereocenters. The van der Waals surface area contributed by atoms with Crippen molar-refractivity contribution in [2.24, 2.45) is 0 Å². The fraction of sp³-hybridized carbons (Fsp3) is 0.357. The molecular weight excluding hydrogens is 283 g/mol. The Hall–Kier alpha value is -2.02. The van der Waals surface area contributed by atoms with Crippen molar-refractivity contribution < 1.29 is 17.9 Å². The van der Waals surface area contributed by atoms with Crippen LogP contribution in [0.15, 0.2) is 36.5 Å². The molecule has 0 radical (unpaired) electrons. The van der Waals surface area contributed by atoms with Crippen LogP contribution >= 0.6 is 0 Å². The van der Waals surface area contributed by atoms with Crippen molar-refractivity contribution in [3.8, 4) is 5.75 Å². The summed E-state index contributed by atoms with van der Waals surface area (Å²) in [5, 5.41) is 7.00. The summed E-state index contributed by atoms with van der Waals surface area (Å²) in [5.74, 6) is 0.767. The second kappa shape index (κ2) is 6.62. The second-order valence-electron chi connectivity index (χ2n) is 4.57. The van der Waals surface area contributed by atoms with Gasteiger partial charge in [-0.1, -0.05) is 12.1 Å². The maximum Gasteiger partial charge on any atom is 0.408 e. The topological polar surface area (TPSA) is 39.1 Å². The highest BCUT2D eigenvalue weighted by atomic mass is 19.4. The quantitative estimate of drug-likeness (QED) is 0.891. The maximum atomic E-state index is 12.2. The van der Waals surface area contributed by atoms with Gasteiger partial charge in [-0.3, -0.25) is 4.68 Å². The lowest BCUT2D eigenvalue weighted by Gasteiger charge is -2.06. The average Bonchev–Trinajstić information content (AvgIpc) is 2.84. The monoisotopic (exact) mass is 299 g/mol. The van der Waals surface area contributed by atoms with Crippen LogP contribution in [0.2, 0.25) is 0 Å². The van der Waals surface area contributed by atoms with Crippen molar-refractivity contribution in [3.05, 3.63) is 47.8 Å². The fourth-order valence-electron chi connectivity index (χ4n) is 1.89. The van der Waals surface area contributed by atoms with Crippen LogP contribution in [-0.4, -0.2) is 23.1 Å². The third-order valence-electron chi connectivity index (χ3n) is 2.81. The molecule has 1 N–H and O–H groups in total. The number of hydrogen-bond donors (Lipinski definition) is 1. The zero-order valence-corrected chi connectivity index (χ0v) is 11.5. The molecule has 0 aliphatic carbocycles. The van der Waals surface area contributed by atoms with Gasteiger partial charge < -0.3 is 10.1 Å². The SMILES string of the molecule is COc1cccc(CNCc2ccn(CC(F)(F)F)n2)c1. The minimum absolute atomic E-state index is 0.405. The van der Waals surface area contributed by atoms with Crippen molar-refractivity contribution in [2.75, 3.05) is 7.11 Å². The number of nitrogens with one attached hydrogen (secondary N) is 1. The molecule has 0 saturated heterocycles. The molecule has 2 rings (SSSR count). The summed E-state index contributed by atoms with van der Waals surface area (Å²) in [6.45, 7) is -0.0751. The highest BCUT2D eigenvalue weighted by Crippen LogP contribution is 2.17. The average molecular weight is 299 g/mol. The van der Waals surface area contributed by atoms with Crippen molar-refractivity contribution >= 4 is 0 Å². The van der Waals surface area contributed by atoms with Gasteiger partial charge in [-0.25, -0.2) is 0 Å².